The lowest BCUT2D eigenvalue weighted by Gasteiger charge is -1.77. The Morgan fingerprint density at radius 2 is 1.46 bits per heavy atom. The van der Waals surface area contributed by atoms with E-state index in [1.165, 1.54) is 12.8 Å². The lowest BCUT2D eigenvalue weighted by Crippen LogP contribution is -1.56. The Hall–Kier alpha value is -1.04. The molecule has 0 heteroatoms. The van der Waals surface area contributed by atoms with Crippen LogP contribution < -0.4 is 0 Å². The summed E-state index contributed by atoms with van der Waals surface area (Å²) in [6.45, 7) is 11.3. The summed E-state index contributed by atoms with van der Waals surface area (Å²) in [5.74, 6) is 0. The van der Waals surface area contributed by atoms with Gasteiger partial charge in [-0.3, -0.25) is 0 Å². The molecule has 0 aromatic carbocycles. The smallest absolute Gasteiger partial charge is 0.0350 e. The molecule has 74 valence electrons. The maximum Gasteiger partial charge on any atom is -0.0350 e. The molecule has 0 saturated carbocycles. The number of hydrogen-bond donors (Lipinski definition) is 0. The van der Waals surface area contributed by atoms with Gasteiger partial charge >= 0.3 is 0 Å². The third-order valence-corrected chi connectivity index (χ3v) is 1.24. The van der Waals surface area contributed by atoms with Crippen molar-refractivity contribution < 1.29 is 0 Å². The van der Waals surface area contributed by atoms with Crippen molar-refractivity contribution in [2.45, 2.75) is 33.1 Å². The van der Waals surface area contributed by atoms with Crippen LogP contribution in [0.2, 0.25) is 0 Å². The minimum atomic E-state index is 1.10. The van der Waals surface area contributed by atoms with Gasteiger partial charge < -0.3 is 0 Å². The van der Waals surface area contributed by atoms with Crippen molar-refractivity contribution in [3.8, 4) is 0 Å². The molecule has 0 aliphatic rings. The first-order valence-corrected chi connectivity index (χ1v) is 4.88. The van der Waals surface area contributed by atoms with Gasteiger partial charge in [-0.1, -0.05) is 69.9 Å². The topological polar surface area (TPSA) is 0 Å². The molecule has 0 aromatic heterocycles. The number of unbranched alkanes of at least 4 members (excludes halogenated alkanes) is 1. The van der Waals surface area contributed by atoms with E-state index >= 15 is 0 Å². The van der Waals surface area contributed by atoms with Crippen molar-refractivity contribution in [2.75, 3.05) is 0 Å². The molecule has 0 amide bonds. The zero-order chi connectivity index (χ0) is 10.4. The molecule has 0 radical (unpaired) electrons. The summed E-state index contributed by atoms with van der Waals surface area (Å²) in [6.07, 6.45) is 15.2. The van der Waals surface area contributed by atoms with Crippen LogP contribution in [0.1, 0.15) is 33.1 Å². The van der Waals surface area contributed by atoms with Crippen molar-refractivity contribution in [2.24, 2.45) is 0 Å². The maximum atomic E-state index is 3.55. The van der Waals surface area contributed by atoms with Gasteiger partial charge in [0.2, 0.25) is 0 Å². The Kier molecular flexibility index (Phi) is 19.1. The van der Waals surface area contributed by atoms with E-state index in [9.17, 15) is 0 Å². The Labute approximate surface area is 83.4 Å². The summed E-state index contributed by atoms with van der Waals surface area (Å²) in [4.78, 5) is 0. The predicted octanol–water partition coefficient (Wildman–Crippen LogP) is 4.67. The lowest BCUT2D eigenvalue weighted by atomic mass is 10.3. The molecule has 0 spiro atoms. The van der Waals surface area contributed by atoms with Crippen molar-refractivity contribution in [1.82, 2.24) is 0 Å². The van der Waals surface area contributed by atoms with Crippen LogP contribution >= 0.6 is 0 Å². The fourth-order valence-electron chi connectivity index (χ4n) is 0.591. The van der Waals surface area contributed by atoms with Gasteiger partial charge in [0, 0.05) is 0 Å². The fraction of sp³-hybridized carbons (Fsp3) is 0.385. The van der Waals surface area contributed by atoms with Gasteiger partial charge in [-0.15, -0.1) is 0 Å². The monoisotopic (exact) mass is 178 g/mol. The highest BCUT2D eigenvalue weighted by atomic mass is 13.7. The molecule has 0 aromatic rings. The Morgan fingerprint density at radius 1 is 0.923 bits per heavy atom. The fourth-order valence-corrected chi connectivity index (χ4v) is 0.591. The average molecular weight is 178 g/mol. The number of rotatable bonds is 5. The first kappa shape index (κ1) is 14.5. The van der Waals surface area contributed by atoms with E-state index < -0.39 is 0 Å². The van der Waals surface area contributed by atoms with Gasteiger partial charge in [-0.05, 0) is 12.8 Å². The van der Waals surface area contributed by atoms with E-state index in [4.69, 9.17) is 0 Å². The highest BCUT2D eigenvalue weighted by molar-refractivity contribution is 4.96. The molecule has 0 aliphatic heterocycles. The van der Waals surface area contributed by atoms with Gasteiger partial charge in [-0.2, -0.15) is 0 Å². The van der Waals surface area contributed by atoms with Crippen molar-refractivity contribution in [3.63, 3.8) is 0 Å². The Bertz CT molecular complexity index is 149. The van der Waals surface area contributed by atoms with Crippen LogP contribution in [0.15, 0.2) is 49.6 Å². The Morgan fingerprint density at radius 3 is 1.77 bits per heavy atom. The summed E-state index contributed by atoms with van der Waals surface area (Å²) in [5, 5.41) is 0. The van der Waals surface area contributed by atoms with Crippen LogP contribution in [0.4, 0.5) is 0 Å². The third-order valence-electron chi connectivity index (χ3n) is 1.24. The van der Waals surface area contributed by atoms with Crippen LogP contribution in [0.5, 0.6) is 0 Å². The normalized spacial score (nSPS) is 9.69. The quantitative estimate of drug-likeness (QED) is 0.537. The second-order valence-corrected chi connectivity index (χ2v) is 2.52. The molecule has 0 N–H and O–H groups in total. The van der Waals surface area contributed by atoms with Crippen molar-refractivity contribution in [3.05, 3.63) is 49.6 Å². The van der Waals surface area contributed by atoms with E-state index in [1.807, 2.05) is 12.2 Å². The third kappa shape index (κ3) is 24.8. The first-order chi connectivity index (χ1) is 6.33. The molecule has 0 saturated heterocycles. The van der Waals surface area contributed by atoms with Gasteiger partial charge in [0.15, 0.2) is 0 Å². The molecule has 0 rings (SSSR count). The summed E-state index contributed by atoms with van der Waals surface area (Å²) >= 11 is 0. The second kappa shape index (κ2) is 17.2. The summed E-state index contributed by atoms with van der Waals surface area (Å²) in [7, 11) is 0. The molecule has 0 bridgehead atoms. The molecule has 0 unspecified atom stereocenters. The summed E-state index contributed by atoms with van der Waals surface area (Å²) < 4.78 is 0. The van der Waals surface area contributed by atoms with Crippen LogP contribution in [-0.4, -0.2) is 0 Å². The zero-order valence-corrected chi connectivity index (χ0v) is 9.00. The van der Waals surface area contributed by atoms with Gasteiger partial charge in [0.25, 0.3) is 0 Å². The molecule has 13 heavy (non-hydrogen) atoms. The first-order valence-electron chi connectivity index (χ1n) is 4.88. The molecule has 0 nitrogen and oxygen atoms in total. The van der Waals surface area contributed by atoms with Crippen LogP contribution in [0.25, 0.3) is 0 Å². The van der Waals surface area contributed by atoms with Crippen molar-refractivity contribution >= 4 is 0 Å². The average Bonchev–Trinajstić information content (AvgIpc) is 2.17. The Balaban J connectivity index is 0. The number of allylic oxidation sites excluding steroid dienone is 6. The second-order valence-electron chi connectivity index (χ2n) is 2.52. The van der Waals surface area contributed by atoms with Crippen LogP contribution in [0.3, 0.4) is 0 Å². The SMILES string of the molecule is C=CC=CCC.C=CC=CCCC. The van der Waals surface area contributed by atoms with Crippen molar-refractivity contribution in [1.29, 1.82) is 0 Å². The highest BCUT2D eigenvalue weighted by Crippen LogP contribution is 1.86. The van der Waals surface area contributed by atoms with Crippen LogP contribution in [0, 0.1) is 0 Å². The van der Waals surface area contributed by atoms with Crippen LogP contribution in [-0.2, 0) is 0 Å². The van der Waals surface area contributed by atoms with Gasteiger partial charge in [0.05, 0.1) is 0 Å². The molecule has 0 aliphatic carbocycles. The molecular formula is C13H22. The van der Waals surface area contributed by atoms with Gasteiger partial charge in [-0.25, -0.2) is 0 Å². The summed E-state index contributed by atoms with van der Waals surface area (Å²) in [6, 6.07) is 0. The lowest BCUT2D eigenvalue weighted by molar-refractivity contribution is 0.959. The van der Waals surface area contributed by atoms with E-state index in [2.05, 4.69) is 39.2 Å². The van der Waals surface area contributed by atoms with Gasteiger partial charge in [0.1, 0.15) is 0 Å². The largest absolute Gasteiger partial charge is 0.0991 e. The minimum absolute atomic E-state index is 1.10. The van der Waals surface area contributed by atoms with E-state index in [1.54, 1.807) is 12.2 Å². The predicted molar refractivity (Wildman–Crippen MR) is 63.9 cm³/mol. The highest BCUT2D eigenvalue weighted by Gasteiger charge is 1.66. The number of hydrogen-bond acceptors (Lipinski definition) is 0. The van der Waals surface area contributed by atoms with E-state index in [-0.39, 0.29) is 0 Å². The molecular weight excluding hydrogens is 156 g/mol. The molecule has 0 fully saturated rings. The molecule has 0 atom stereocenters. The maximum absolute atomic E-state index is 3.55. The minimum Gasteiger partial charge on any atom is -0.0991 e. The van der Waals surface area contributed by atoms with E-state index in [0.717, 1.165) is 6.42 Å². The summed E-state index contributed by atoms with van der Waals surface area (Å²) in [5.41, 5.74) is 0. The zero-order valence-electron chi connectivity index (χ0n) is 9.00. The molecule has 0 heterocycles. The standard InChI is InChI=1S/C7H12.C6H10/c1-3-5-7-6-4-2;1-3-5-6-4-2/h3,5,7H,1,4,6H2,2H3;3,5-6H,1,4H2,2H3. The van der Waals surface area contributed by atoms with E-state index in [0.29, 0.717) is 0 Å².